The average molecular weight is 476 g/mol. The van der Waals surface area contributed by atoms with E-state index in [2.05, 4.69) is 15.1 Å². The zero-order chi connectivity index (χ0) is 23.0. The third kappa shape index (κ3) is 4.18. The molecule has 0 aliphatic heterocycles. The summed E-state index contributed by atoms with van der Waals surface area (Å²) in [7, 11) is 3.40. The number of hydrogen-bond acceptors (Lipinski definition) is 5. The van der Waals surface area contributed by atoms with E-state index in [4.69, 9.17) is 11.6 Å². The molecule has 32 heavy (non-hydrogen) atoms. The molecule has 0 saturated carbocycles. The highest BCUT2D eigenvalue weighted by atomic mass is 35.5. The second-order valence-electron chi connectivity index (χ2n) is 7.19. The smallest absolute Gasteiger partial charge is 0.261 e. The molecule has 6 nitrogen and oxygen atoms in total. The van der Waals surface area contributed by atoms with E-state index in [1.54, 1.807) is 37.2 Å². The van der Waals surface area contributed by atoms with Crippen molar-refractivity contribution >= 4 is 51.5 Å². The van der Waals surface area contributed by atoms with Crippen LogP contribution in [0.3, 0.4) is 0 Å². The van der Waals surface area contributed by atoms with Crippen molar-refractivity contribution in [1.29, 1.82) is 0 Å². The summed E-state index contributed by atoms with van der Waals surface area (Å²) in [6.45, 7) is 2.00. The molecular weight excluding hydrogens is 456 g/mol. The van der Waals surface area contributed by atoms with Gasteiger partial charge in [-0.1, -0.05) is 30.5 Å². The molecule has 0 fully saturated rings. The Kier molecular flexibility index (Phi) is 6.12. The van der Waals surface area contributed by atoms with Gasteiger partial charge in [0, 0.05) is 55.1 Å². The predicted molar refractivity (Wildman–Crippen MR) is 128 cm³/mol. The number of pyridine rings is 1. The van der Waals surface area contributed by atoms with Crippen molar-refractivity contribution in [3.63, 3.8) is 0 Å². The lowest BCUT2D eigenvalue weighted by molar-refractivity contribution is 0.586. The van der Waals surface area contributed by atoms with E-state index in [1.165, 1.54) is 28.6 Å². The first kappa shape index (κ1) is 22.2. The van der Waals surface area contributed by atoms with Gasteiger partial charge in [-0.25, -0.2) is 8.78 Å². The molecule has 0 bridgehead atoms. The van der Waals surface area contributed by atoms with Crippen LogP contribution in [0.25, 0.3) is 22.0 Å². The summed E-state index contributed by atoms with van der Waals surface area (Å²) >= 11 is 7.97. The number of benzene rings is 2. The molecule has 0 atom stereocenters. The minimum Gasteiger partial charge on any atom is -0.353 e. The van der Waals surface area contributed by atoms with Gasteiger partial charge in [0.1, 0.15) is 17.2 Å². The fourth-order valence-electron chi connectivity index (χ4n) is 3.41. The van der Waals surface area contributed by atoms with Gasteiger partial charge < -0.3 is 14.6 Å². The molecule has 0 unspecified atom stereocenters. The van der Waals surface area contributed by atoms with Gasteiger partial charge >= 0.3 is 0 Å². The number of aromatic nitrogens is 3. The highest BCUT2D eigenvalue weighted by Gasteiger charge is 2.19. The number of fused-ring (bicyclic) bond motifs is 1. The van der Waals surface area contributed by atoms with Gasteiger partial charge in [-0.15, -0.1) is 0 Å². The summed E-state index contributed by atoms with van der Waals surface area (Å²) in [5.74, 6) is -0.591. The maximum Gasteiger partial charge on any atom is 0.261 e. The van der Waals surface area contributed by atoms with Crippen molar-refractivity contribution in [2.24, 2.45) is 14.1 Å². The van der Waals surface area contributed by atoms with Crippen LogP contribution in [0, 0.1) is 11.6 Å². The van der Waals surface area contributed by atoms with Gasteiger partial charge in [-0.05, 0) is 24.3 Å². The fourth-order valence-corrected chi connectivity index (χ4v) is 4.14. The first-order valence-corrected chi connectivity index (χ1v) is 11.1. The SMILES string of the molecule is CCSNc1cc(-c2cn(C)c(=O)c3cn(C)nc23)c(Nc2ccc(F)cc2F)cc1Cl. The largest absolute Gasteiger partial charge is 0.353 e. The molecule has 0 amide bonds. The number of anilines is 3. The van der Waals surface area contributed by atoms with Gasteiger partial charge in [0.25, 0.3) is 5.56 Å². The number of rotatable bonds is 6. The Labute approximate surface area is 192 Å². The van der Waals surface area contributed by atoms with Crippen molar-refractivity contribution in [1.82, 2.24) is 14.3 Å². The molecular formula is C22H20ClF2N5OS. The van der Waals surface area contributed by atoms with Crippen LogP contribution in [0.4, 0.5) is 25.8 Å². The Hall–Kier alpha value is -3.04. The molecule has 2 aromatic carbocycles. The van der Waals surface area contributed by atoms with E-state index in [0.29, 0.717) is 38.4 Å². The number of nitrogens with zero attached hydrogens (tertiary/aromatic N) is 3. The molecule has 2 N–H and O–H groups in total. The molecule has 0 saturated heterocycles. The maximum absolute atomic E-state index is 14.4. The average Bonchev–Trinajstić information content (AvgIpc) is 3.14. The lowest BCUT2D eigenvalue weighted by Crippen LogP contribution is -2.16. The Morgan fingerprint density at radius 2 is 1.84 bits per heavy atom. The van der Waals surface area contributed by atoms with Crippen LogP contribution in [-0.2, 0) is 14.1 Å². The molecule has 2 aromatic heterocycles. The molecule has 2 heterocycles. The standard InChI is InChI=1S/C22H20ClF2N5OS/c1-4-32-28-20-8-13(14-10-29(2)22(31)15-11-30(3)27-21(14)15)19(9-16(20)23)26-18-6-5-12(24)7-17(18)25/h5-11,26,28H,4H2,1-3H3. The summed E-state index contributed by atoms with van der Waals surface area (Å²) in [5, 5.41) is 8.37. The molecule has 4 rings (SSSR count). The van der Waals surface area contributed by atoms with Gasteiger partial charge in [0.2, 0.25) is 0 Å². The van der Waals surface area contributed by atoms with Gasteiger partial charge in [-0.2, -0.15) is 5.10 Å². The number of halogens is 3. The normalized spacial score (nSPS) is 11.2. The zero-order valence-corrected chi connectivity index (χ0v) is 19.1. The highest BCUT2D eigenvalue weighted by molar-refractivity contribution is 8.00. The van der Waals surface area contributed by atoms with Gasteiger partial charge in [-0.3, -0.25) is 9.48 Å². The Morgan fingerprint density at radius 3 is 2.56 bits per heavy atom. The van der Waals surface area contributed by atoms with Crippen molar-refractivity contribution in [2.75, 3.05) is 15.8 Å². The Morgan fingerprint density at radius 1 is 1.06 bits per heavy atom. The van der Waals surface area contributed by atoms with E-state index >= 15 is 0 Å². The maximum atomic E-state index is 14.4. The molecule has 0 aliphatic rings. The van der Waals surface area contributed by atoms with Crippen molar-refractivity contribution in [3.05, 3.63) is 69.7 Å². The molecule has 0 radical (unpaired) electrons. The zero-order valence-electron chi connectivity index (χ0n) is 17.5. The summed E-state index contributed by atoms with van der Waals surface area (Å²) in [6.07, 6.45) is 3.35. The van der Waals surface area contributed by atoms with E-state index < -0.39 is 11.6 Å². The van der Waals surface area contributed by atoms with Gasteiger partial charge in [0.15, 0.2) is 0 Å². The van der Waals surface area contributed by atoms with Crippen molar-refractivity contribution < 1.29 is 8.78 Å². The van der Waals surface area contributed by atoms with Crippen molar-refractivity contribution in [2.45, 2.75) is 6.92 Å². The summed E-state index contributed by atoms with van der Waals surface area (Å²) in [5.41, 5.74) is 2.88. The van der Waals surface area contributed by atoms with E-state index in [9.17, 15) is 13.6 Å². The monoisotopic (exact) mass is 475 g/mol. The molecule has 4 aromatic rings. The predicted octanol–water partition coefficient (Wildman–Crippen LogP) is 5.69. The highest BCUT2D eigenvalue weighted by Crippen LogP contribution is 2.40. The lowest BCUT2D eigenvalue weighted by Gasteiger charge is -2.17. The molecule has 10 heteroatoms. The van der Waals surface area contributed by atoms with Crippen LogP contribution in [0.15, 0.2) is 47.5 Å². The van der Waals surface area contributed by atoms with Crippen LogP contribution in [0.2, 0.25) is 5.02 Å². The van der Waals surface area contributed by atoms with Crippen molar-refractivity contribution in [3.8, 4) is 11.1 Å². The van der Waals surface area contributed by atoms with Crippen LogP contribution >= 0.6 is 23.5 Å². The molecule has 0 spiro atoms. The third-order valence-electron chi connectivity index (χ3n) is 4.88. The first-order valence-electron chi connectivity index (χ1n) is 9.75. The topological polar surface area (TPSA) is 63.9 Å². The Bertz CT molecular complexity index is 1390. The third-order valence-corrected chi connectivity index (χ3v) is 5.85. The lowest BCUT2D eigenvalue weighted by atomic mass is 10.0. The minimum absolute atomic E-state index is 0.0921. The molecule has 0 aliphatic carbocycles. The number of hydrogen-bond donors (Lipinski definition) is 2. The van der Waals surface area contributed by atoms with Crippen LogP contribution in [-0.4, -0.2) is 20.1 Å². The van der Waals surface area contributed by atoms with E-state index in [1.807, 2.05) is 13.0 Å². The molecule has 166 valence electrons. The fraction of sp³-hybridized carbons (Fsp3) is 0.182. The van der Waals surface area contributed by atoms with E-state index in [0.717, 1.165) is 11.8 Å². The van der Waals surface area contributed by atoms with Gasteiger partial charge in [0.05, 0.1) is 21.8 Å². The number of nitrogens with one attached hydrogen (secondary N) is 2. The second kappa shape index (κ2) is 8.84. The minimum atomic E-state index is -0.737. The summed E-state index contributed by atoms with van der Waals surface area (Å²) in [4.78, 5) is 12.6. The van der Waals surface area contributed by atoms with Crippen LogP contribution in [0.5, 0.6) is 0 Å². The second-order valence-corrected chi connectivity index (χ2v) is 8.66. The summed E-state index contributed by atoms with van der Waals surface area (Å²) < 4.78 is 34.0. The Balaban J connectivity index is 1.96. The quantitative estimate of drug-likeness (QED) is 0.350. The number of aryl methyl sites for hydroxylation is 2. The van der Waals surface area contributed by atoms with Crippen LogP contribution < -0.4 is 15.6 Å². The first-order chi connectivity index (χ1) is 15.3. The summed E-state index contributed by atoms with van der Waals surface area (Å²) in [6, 6.07) is 6.78. The van der Waals surface area contributed by atoms with E-state index in [-0.39, 0.29) is 11.2 Å². The van der Waals surface area contributed by atoms with Crippen LogP contribution in [0.1, 0.15) is 6.92 Å².